The molecule has 102 valence electrons. The number of hydrogen-bond acceptors (Lipinski definition) is 2. The lowest BCUT2D eigenvalue weighted by Gasteiger charge is -2.11. The number of carbonyl (C=O) groups excluding carboxylic acids is 2. The van der Waals surface area contributed by atoms with Gasteiger partial charge in [0, 0.05) is 23.7 Å². The molecular weight excluding hydrogens is 257 g/mol. The smallest absolute Gasteiger partial charge is 0.221 e. The Morgan fingerprint density at radius 3 is 2.20 bits per heavy atom. The number of carbonyl (C=O) groups is 2. The van der Waals surface area contributed by atoms with Crippen LogP contribution in [-0.2, 0) is 4.79 Å². The van der Waals surface area contributed by atoms with Crippen molar-refractivity contribution in [2.75, 3.05) is 5.32 Å². The van der Waals surface area contributed by atoms with E-state index in [1.54, 1.807) is 30.3 Å². The quantitative estimate of drug-likeness (QED) is 0.866. The van der Waals surface area contributed by atoms with E-state index in [2.05, 4.69) is 5.32 Å². The highest BCUT2D eigenvalue weighted by Crippen LogP contribution is 2.29. The lowest BCUT2D eigenvalue weighted by molar-refractivity contribution is -0.114. The maximum atomic E-state index is 13.0. The molecule has 0 saturated heterocycles. The lowest BCUT2D eigenvalue weighted by Crippen LogP contribution is -2.07. The van der Waals surface area contributed by atoms with Crippen LogP contribution in [0.25, 0.3) is 11.1 Å². The van der Waals surface area contributed by atoms with Gasteiger partial charge in [-0.25, -0.2) is 4.39 Å². The highest BCUT2D eigenvalue weighted by Gasteiger charge is 2.10. The SMILES string of the molecule is CC(=O)Nc1ccc(C(C)=O)cc1-c1ccc(F)cc1. The molecule has 0 aliphatic rings. The molecule has 2 rings (SSSR count). The van der Waals surface area contributed by atoms with Crippen molar-refractivity contribution in [1.29, 1.82) is 0 Å². The topological polar surface area (TPSA) is 46.2 Å². The molecular formula is C16H14FNO2. The summed E-state index contributed by atoms with van der Waals surface area (Å²) < 4.78 is 13.0. The molecule has 0 bridgehead atoms. The Kier molecular flexibility index (Phi) is 3.94. The summed E-state index contributed by atoms with van der Waals surface area (Å²) in [4.78, 5) is 22.7. The zero-order valence-electron chi connectivity index (χ0n) is 11.2. The summed E-state index contributed by atoms with van der Waals surface area (Å²) in [5, 5.41) is 2.71. The molecule has 20 heavy (non-hydrogen) atoms. The van der Waals surface area contributed by atoms with Crippen molar-refractivity contribution < 1.29 is 14.0 Å². The summed E-state index contributed by atoms with van der Waals surface area (Å²) >= 11 is 0. The minimum atomic E-state index is -0.336. The Bertz CT molecular complexity index is 663. The maximum absolute atomic E-state index is 13.0. The van der Waals surface area contributed by atoms with E-state index in [0.29, 0.717) is 16.8 Å². The van der Waals surface area contributed by atoms with Gasteiger partial charge in [-0.2, -0.15) is 0 Å². The summed E-state index contributed by atoms with van der Waals surface area (Å²) in [6.07, 6.45) is 0. The van der Waals surface area contributed by atoms with Crippen molar-refractivity contribution in [3.05, 3.63) is 53.8 Å². The van der Waals surface area contributed by atoms with E-state index >= 15 is 0 Å². The molecule has 4 heteroatoms. The van der Waals surface area contributed by atoms with Crippen LogP contribution in [0.15, 0.2) is 42.5 Å². The van der Waals surface area contributed by atoms with Gasteiger partial charge in [0.15, 0.2) is 5.78 Å². The predicted molar refractivity (Wildman–Crippen MR) is 76.1 cm³/mol. The number of Topliss-reactive ketones (excluding diaryl/α,β-unsaturated/α-hetero) is 1. The second kappa shape index (κ2) is 5.65. The van der Waals surface area contributed by atoms with Gasteiger partial charge in [-0.15, -0.1) is 0 Å². The summed E-state index contributed by atoms with van der Waals surface area (Å²) in [5.41, 5.74) is 2.55. The molecule has 0 unspecified atom stereocenters. The monoisotopic (exact) mass is 271 g/mol. The van der Waals surface area contributed by atoms with Gasteiger partial charge >= 0.3 is 0 Å². The molecule has 1 amide bonds. The normalized spacial score (nSPS) is 10.2. The molecule has 0 spiro atoms. The van der Waals surface area contributed by atoms with Crippen LogP contribution < -0.4 is 5.32 Å². The standard InChI is InChI=1S/C16H14FNO2/c1-10(19)13-5-8-16(18-11(2)20)15(9-13)12-3-6-14(17)7-4-12/h3-9H,1-2H3,(H,18,20). The molecule has 0 aliphatic carbocycles. The fourth-order valence-corrected chi connectivity index (χ4v) is 1.93. The third kappa shape index (κ3) is 3.09. The highest BCUT2D eigenvalue weighted by atomic mass is 19.1. The van der Waals surface area contributed by atoms with Crippen LogP contribution in [0, 0.1) is 5.82 Å². The van der Waals surface area contributed by atoms with E-state index in [1.165, 1.54) is 26.0 Å². The Morgan fingerprint density at radius 1 is 1.00 bits per heavy atom. The Morgan fingerprint density at radius 2 is 1.65 bits per heavy atom. The number of amides is 1. The van der Waals surface area contributed by atoms with Crippen LogP contribution in [0.3, 0.4) is 0 Å². The zero-order chi connectivity index (χ0) is 14.7. The molecule has 2 aromatic carbocycles. The predicted octanol–water partition coefficient (Wildman–Crippen LogP) is 3.65. The van der Waals surface area contributed by atoms with E-state index in [9.17, 15) is 14.0 Å². The van der Waals surface area contributed by atoms with Crippen LogP contribution in [0.4, 0.5) is 10.1 Å². The average Bonchev–Trinajstić information content (AvgIpc) is 2.39. The van der Waals surface area contributed by atoms with Crippen molar-refractivity contribution in [3.63, 3.8) is 0 Å². The molecule has 0 radical (unpaired) electrons. The van der Waals surface area contributed by atoms with Crippen molar-refractivity contribution in [2.24, 2.45) is 0 Å². The molecule has 0 heterocycles. The Balaban J connectivity index is 2.56. The summed E-state index contributed by atoms with van der Waals surface area (Å²) in [5.74, 6) is -0.607. The molecule has 2 aromatic rings. The molecule has 3 nitrogen and oxygen atoms in total. The summed E-state index contributed by atoms with van der Waals surface area (Å²) in [6.45, 7) is 2.88. The molecule has 0 fully saturated rings. The number of nitrogens with one attached hydrogen (secondary N) is 1. The minimum Gasteiger partial charge on any atom is -0.326 e. The third-order valence-electron chi connectivity index (χ3n) is 2.89. The van der Waals surface area contributed by atoms with Gasteiger partial charge in [0.25, 0.3) is 0 Å². The van der Waals surface area contributed by atoms with Gasteiger partial charge in [-0.3, -0.25) is 9.59 Å². The number of halogens is 1. The van der Waals surface area contributed by atoms with E-state index in [4.69, 9.17) is 0 Å². The van der Waals surface area contributed by atoms with Crippen LogP contribution in [0.5, 0.6) is 0 Å². The van der Waals surface area contributed by atoms with Gasteiger partial charge in [-0.1, -0.05) is 12.1 Å². The molecule has 0 atom stereocenters. The van der Waals surface area contributed by atoms with Crippen molar-refractivity contribution in [3.8, 4) is 11.1 Å². The van der Waals surface area contributed by atoms with E-state index in [0.717, 1.165) is 5.56 Å². The molecule has 0 aliphatic heterocycles. The van der Waals surface area contributed by atoms with Gasteiger partial charge in [-0.05, 0) is 42.8 Å². The molecule has 1 N–H and O–H groups in total. The largest absolute Gasteiger partial charge is 0.326 e. The van der Waals surface area contributed by atoms with Crippen molar-refractivity contribution in [2.45, 2.75) is 13.8 Å². The number of ketones is 1. The van der Waals surface area contributed by atoms with E-state index in [-0.39, 0.29) is 17.5 Å². The first-order valence-electron chi connectivity index (χ1n) is 6.16. The van der Waals surface area contributed by atoms with Gasteiger partial charge in [0.05, 0.1) is 0 Å². The van der Waals surface area contributed by atoms with Crippen LogP contribution in [-0.4, -0.2) is 11.7 Å². The fraction of sp³-hybridized carbons (Fsp3) is 0.125. The Labute approximate surface area is 116 Å². The molecule has 0 saturated carbocycles. The number of rotatable bonds is 3. The third-order valence-corrected chi connectivity index (χ3v) is 2.89. The minimum absolute atomic E-state index is 0.0669. The van der Waals surface area contributed by atoms with Crippen molar-refractivity contribution in [1.82, 2.24) is 0 Å². The number of hydrogen-bond donors (Lipinski definition) is 1. The number of anilines is 1. The first-order chi connectivity index (χ1) is 9.47. The first-order valence-corrected chi connectivity index (χ1v) is 6.16. The van der Waals surface area contributed by atoms with Gasteiger partial charge < -0.3 is 5.32 Å². The van der Waals surface area contributed by atoms with E-state index in [1.807, 2.05) is 0 Å². The van der Waals surface area contributed by atoms with E-state index < -0.39 is 0 Å². The first kappa shape index (κ1) is 13.9. The van der Waals surface area contributed by atoms with Crippen LogP contribution >= 0.6 is 0 Å². The van der Waals surface area contributed by atoms with Gasteiger partial charge in [0.2, 0.25) is 5.91 Å². The van der Waals surface area contributed by atoms with Gasteiger partial charge in [0.1, 0.15) is 5.82 Å². The van der Waals surface area contributed by atoms with Crippen LogP contribution in [0.1, 0.15) is 24.2 Å². The highest BCUT2D eigenvalue weighted by molar-refractivity contribution is 5.99. The second-order valence-electron chi connectivity index (χ2n) is 4.50. The summed E-state index contributed by atoms with van der Waals surface area (Å²) in [7, 11) is 0. The summed E-state index contributed by atoms with van der Waals surface area (Å²) in [6, 6.07) is 10.9. The lowest BCUT2D eigenvalue weighted by atomic mass is 9.99. The van der Waals surface area contributed by atoms with Crippen LogP contribution in [0.2, 0.25) is 0 Å². The fourth-order valence-electron chi connectivity index (χ4n) is 1.93. The average molecular weight is 271 g/mol. The second-order valence-corrected chi connectivity index (χ2v) is 4.50. The van der Waals surface area contributed by atoms with Crippen molar-refractivity contribution >= 4 is 17.4 Å². The zero-order valence-corrected chi connectivity index (χ0v) is 11.2. The maximum Gasteiger partial charge on any atom is 0.221 e. The number of benzene rings is 2. The molecule has 0 aromatic heterocycles. The Hall–Kier alpha value is -2.49.